The molecule has 27 heavy (non-hydrogen) atoms. The van der Waals surface area contributed by atoms with Gasteiger partial charge in [-0.2, -0.15) is 0 Å². The maximum Gasteiger partial charge on any atom is 0.336 e. The zero-order valence-corrected chi connectivity index (χ0v) is 16.5. The third-order valence-corrected chi connectivity index (χ3v) is 4.34. The van der Waals surface area contributed by atoms with E-state index in [4.69, 9.17) is 9.47 Å². The number of rotatable bonds is 6. The maximum atomic E-state index is 12.1. The van der Waals surface area contributed by atoms with E-state index in [0.717, 1.165) is 26.9 Å². The van der Waals surface area contributed by atoms with Crippen molar-refractivity contribution in [1.82, 2.24) is 0 Å². The third-order valence-electron chi connectivity index (χ3n) is 3.85. The molecule has 3 aromatic rings. The molecule has 0 heterocycles. The quantitative estimate of drug-likeness (QED) is 0.272. The molecule has 0 amide bonds. The molecular weight excluding hydrogens is 404 g/mol. The molecule has 0 radical (unpaired) electrons. The molecule has 0 N–H and O–H groups in total. The Kier molecular flexibility index (Phi) is 6.44. The van der Waals surface area contributed by atoms with Crippen LogP contribution in [0.4, 0.5) is 0 Å². The molecule has 0 aliphatic rings. The van der Waals surface area contributed by atoms with Gasteiger partial charge in [-0.25, -0.2) is 4.79 Å². The monoisotopic (exact) mass is 422 g/mol. The van der Waals surface area contributed by atoms with Crippen LogP contribution in [0.25, 0.3) is 17.2 Å². The Balaban J connectivity index is 1.67. The van der Waals surface area contributed by atoms with Crippen LogP contribution >= 0.6 is 15.9 Å². The predicted molar refractivity (Wildman–Crippen MR) is 112 cm³/mol. The summed E-state index contributed by atoms with van der Waals surface area (Å²) in [4.78, 5) is 12.1. The number of esters is 1. The summed E-state index contributed by atoms with van der Waals surface area (Å²) in [7, 11) is 0. The van der Waals surface area contributed by atoms with E-state index < -0.39 is 5.97 Å². The van der Waals surface area contributed by atoms with Gasteiger partial charge in [0.25, 0.3) is 0 Å². The van der Waals surface area contributed by atoms with E-state index in [9.17, 15) is 4.79 Å². The van der Waals surface area contributed by atoms with Gasteiger partial charge in [0, 0.05) is 16.1 Å². The van der Waals surface area contributed by atoms with Crippen molar-refractivity contribution in [1.29, 1.82) is 0 Å². The summed E-state index contributed by atoms with van der Waals surface area (Å²) < 4.78 is 11.9. The Bertz CT molecular complexity index is 932. The van der Waals surface area contributed by atoms with Crippen molar-refractivity contribution in [3.63, 3.8) is 0 Å². The van der Waals surface area contributed by atoms with Gasteiger partial charge in [-0.1, -0.05) is 58.4 Å². The summed E-state index contributed by atoms with van der Waals surface area (Å²) in [5, 5.41) is 0. The minimum Gasteiger partial charge on any atom is -0.493 e. The van der Waals surface area contributed by atoms with Crippen molar-refractivity contribution in [3.05, 3.63) is 88.9 Å². The van der Waals surface area contributed by atoms with Gasteiger partial charge in [0.2, 0.25) is 0 Å². The fourth-order valence-electron chi connectivity index (χ4n) is 2.59. The molecule has 3 nitrogen and oxygen atoms in total. The van der Waals surface area contributed by atoms with Gasteiger partial charge < -0.3 is 9.47 Å². The zero-order valence-electron chi connectivity index (χ0n) is 14.9. The molecule has 0 unspecified atom stereocenters. The van der Waals surface area contributed by atoms with Crippen LogP contribution in [-0.4, -0.2) is 12.6 Å². The highest BCUT2D eigenvalue weighted by atomic mass is 79.9. The number of carbonyl (C=O) groups excluding carboxylic acids is 1. The second kappa shape index (κ2) is 9.19. The van der Waals surface area contributed by atoms with Crippen molar-refractivity contribution < 1.29 is 14.3 Å². The highest BCUT2D eigenvalue weighted by Crippen LogP contribution is 2.25. The summed E-state index contributed by atoms with van der Waals surface area (Å²) in [6.07, 6.45) is 3.09. The number of benzene rings is 3. The molecule has 0 atom stereocenters. The Morgan fingerprint density at radius 2 is 1.67 bits per heavy atom. The predicted octanol–water partition coefficient (Wildman–Crippen LogP) is 6.13. The first-order chi connectivity index (χ1) is 13.2. The average molecular weight is 423 g/mol. The third kappa shape index (κ3) is 5.31. The molecule has 0 fully saturated rings. The molecule has 3 aromatic carbocycles. The van der Waals surface area contributed by atoms with Crippen LogP contribution in [0.5, 0.6) is 11.5 Å². The van der Waals surface area contributed by atoms with Crippen LogP contribution in [0, 0.1) is 0 Å². The minimum atomic E-state index is -0.440. The summed E-state index contributed by atoms with van der Waals surface area (Å²) in [6.45, 7) is 2.48. The lowest BCUT2D eigenvalue weighted by Crippen LogP contribution is -2.03. The van der Waals surface area contributed by atoms with Gasteiger partial charge in [-0.05, 0) is 54.5 Å². The van der Waals surface area contributed by atoms with Crippen LogP contribution in [0.1, 0.15) is 12.5 Å². The van der Waals surface area contributed by atoms with Crippen LogP contribution in [-0.2, 0) is 4.79 Å². The van der Waals surface area contributed by atoms with E-state index in [1.54, 1.807) is 18.2 Å². The van der Waals surface area contributed by atoms with E-state index in [2.05, 4.69) is 15.9 Å². The highest BCUT2D eigenvalue weighted by molar-refractivity contribution is 9.10. The SMILES string of the molecule is CCOc1ccc(Br)cc1/C=C/C(=O)Oc1ccc(-c2ccccc2)cc1. The number of ether oxygens (including phenoxy) is 2. The summed E-state index contributed by atoms with van der Waals surface area (Å²) in [5.41, 5.74) is 3.00. The number of hydrogen-bond acceptors (Lipinski definition) is 3. The van der Waals surface area contributed by atoms with Crippen LogP contribution in [0.15, 0.2) is 83.3 Å². The standard InChI is InChI=1S/C23H19BrO3/c1-2-26-22-14-11-20(24)16-19(22)10-15-23(25)27-21-12-8-18(9-13-21)17-6-4-3-5-7-17/h3-16H,2H2,1H3/b15-10+. The molecule has 4 heteroatoms. The molecule has 3 rings (SSSR count). The van der Waals surface area contributed by atoms with Gasteiger partial charge >= 0.3 is 5.97 Å². The molecule has 0 saturated heterocycles. The van der Waals surface area contributed by atoms with E-state index >= 15 is 0 Å². The maximum absolute atomic E-state index is 12.1. The van der Waals surface area contributed by atoms with Crippen LogP contribution < -0.4 is 9.47 Å². The minimum absolute atomic E-state index is 0.440. The number of hydrogen-bond donors (Lipinski definition) is 0. The van der Waals surface area contributed by atoms with Gasteiger partial charge in [-0.15, -0.1) is 0 Å². The molecule has 0 bridgehead atoms. The van der Waals surface area contributed by atoms with E-state index in [1.165, 1.54) is 6.08 Å². The first-order valence-corrected chi connectivity index (χ1v) is 9.43. The highest BCUT2D eigenvalue weighted by Gasteiger charge is 2.05. The van der Waals surface area contributed by atoms with Crippen molar-refractivity contribution in [2.45, 2.75) is 6.92 Å². The Labute approximate surface area is 167 Å². The molecule has 0 saturated carbocycles. The molecular formula is C23H19BrO3. The Morgan fingerprint density at radius 1 is 0.963 bits per heavy atom. The lowest BCUT2D eigenvalue weighted by atomic mass is 10.1. The Hall–Kier alpha value is -2.85. The number of carbonyl (C=O) groups is 1. The van der Waals surface area contributed by atoms with E-state index in [-0.39, 0.29) is 0 Å². The Morgan fingerprint density at radius 3 is 2.37 bits per heavy atom. The van der Waals surface area contributed by atoms with Crippen molar-refractivity contribution in [2.24, 2.45) is 0 Å². The van der Waals surface area contributed by atoms with Crippen LogP contribution in [0.2, 0.25) is 0 Å². The topological polar surface area (TPSA) is 35.5 Å². The normalized spacial score (nSPS) is 10.7. The van der Waals surface area contributed by atoms with Crippen molar-refractivity contribution in [2.75, 3.05) is 6.61 Å². The largest absolute Gasteiger partial charge is 0.493 e. The molecule has 0 spiro atoms. The summed E-state index contributed by atoms with van der Waals surface area (Å²) in [5.74, 6) is 0.783. The molecule has 0 aromatic heterocycles. The smallest absolute Gasteiger partial charge is 0.336 e. The molecule has 136 valence electrons. The first-order valence-electron chi connectivity index (χ1n) is 8.63. The van der Waals surface area contributed by atoms with Gasteiger partial charge in [0.1, 0.15) is 11.5 Å². The van der Waals surface area contributed by atoms with Gasteiger partial charge in [0.05, 0.1) is 6.61 Å². The molecule has 0 aliphatic carbocycles. The van der Waals surface area contributed by atoms with Gasteiger partial charge in [0.15, 0.2) is 0 Å². The van der Waals surface area contributed by atoms with Crippen LogP contribution in [0.3, 0.4) is 0 Å². The molecule has 0 aliphatic heterocycles. The van der Waals surface area contributed by atoms with Gasteiger partial charge in [-0.3, -0.25) is 0 Å². The lowest BCUT2D eigenvalue weighted by molar-refractivity contribution is -0.128. The first kappa shape index (κ1) is 18.9. The average Bonchev–Trinajstić information content (AvgIpc) is 2.69. The lowest BCUT2D eigenvalue weighted by Gasteiger charge is -2.07. The summed E-state index contributed by atoms with van der Waals surface area (Å²) in [6, 6.07) is 23.1. The van der Waals surface area contributed by atoms with E-state index in [0.29, 0.717) is 12.4 Å². The van der Waals surface area contributed by atoms with Crippen molar-refractivity contribution in [3.8, 4) is 22.6 Å². The number of halogens is 1. The second-order valence-corrected chi connectivity index (χ2v) is 6.68. The zero-order chi connectivity index (χ0) is 19.1. The van der Waals surface area contributed by atoms with E-state index in [1.807, 2.05) is 67.6 Å². The fourth-order valence-corrected chi connectivity index (χ4v) is 2.97. The summed E-state index contributed by atoms with van der Waals surface area (Å²) >= 11 is 3.43. The second-order valence-electron chi connectivity index (χ2n) is 5.76. The van der Waals surface area contributed by atoms with Crippen molar-refractivity contribution >= 4 is 28.0 Å². The fraction of sp³-hybridized carbons (Fsp3) is 0.0870.